The monoisotopic (exact) mass is 581 g/mol. The summed E-state index contributed by atoms with van der Waals surface area (Å²) in [6.45, 7) is 22.5. The van der Waals surface area contributed by atoms with Gasteiger partial charge in [-0.3, -0.25) is 4.90 Å². The zero-order valence-corrected chi connectivity index (χ0v) is 28.1. The largest absolute Gasteiger partial charge is 0.458 e. The number of hydrogen-bond acceptors (Lipinski definition) is 5. The summed E-state index contributed by atoms with van der Waals surface area (Å²) in [7, 11) is -1.97. The first kappa shape index (κ1) is 34.9. The van der Waals surface area contributed by atoms with Crippen LogP contribution in [0.15, 0.2) is 72.8 Å². The Bertz CT molecular complexity index is 1040. The van der Waals surface area contributed by atoms with Crippen LogP contribution in [0.3, 0.4) is 0 Å². The lowest BCUT2D eigenvalue weighted by atomic mass is 9.99. The molecule has 228 valence electrons. The number of carbonyl (C=O) groups excluding carboxylic acids is 1. The van der Waals surface area contributed by atoms with E-state index in [2.05, 4.69) is 83.7 Å². The molecule has 2 aromatic carbocycles. The Morgan fingerprint density at radius 2 is 1.39 bits per heavy atom. The summed E-state index contributed by atoms with van der Waals surface area (Å²) in [6, 6.07) is 19.7. The van der Waals surface area contributed by atoms with Crippen LogP contribution in [-0.4, -0.2) is 48.6 Å². The van der Waals surface area contributed by atoms with Crippen molar-refractivity contribution in [1.82, 2.24) is 4.90 Å². The van der Waals surface area contributed by atoms with Crippen molar-refractivity contribution in [3.8, 4) is 0 Å². The van der Waals surface area contributed by atoms with Gasteiger partial charge in [0.1, 0.15) is 5.60 Å². The second-order valence-corrected chi connectivity index (χ2v) is 18.6. The van der Waals surface area contributed by atoms with E-state index in [-0.39, 0.29) is 6.04 Å². The molecular formula is C35H55NO4Si. The molecule has 0 saturated heterocycles. The Kier molecular flexibility index (Phi) is 13.5. The molecule has 0 spiro atoms. The minimum atomic E-state index is -1.97. The standard InChI is InChI=1S/C35H55NO4Si/c1-26(2)41(27(3)4,28(5)6)39-24-18-17-23-32(33(37)34(38)40-35(8,9)10)36(25-30-19-13-11-14-20-30)29(7)31-21-15-12-16-22-31/h11-17,19-23,26-29,32-33,37H,18,24-25H2,1-10H3/b23-17+/t29-,32-,33+/m1/s1. The minimum absolute atomic E-state index is 0.0673. The molecule has 2 rings (SSSR count). The van der Waals surface area contributed by atoms with E-state index < -0.39 is 32.0 Å². The van der Waals surface area contributed by atoms with Crippen molar-refractivity contribution < 1.29 is 19.1 Å². The Hall–Kier alpha value is -2.25. The van der Waals surface area contributed by atoms with Crippen LogP contribution in [0.1, 0.15) is 92.8 Å². The summed E-state index contributed by atoms with van der Waals surface area (Å²) in [5.74, 6) is -0.618. The van der Waals surface area contributed by atoms with E-state index in [1.807, 2.05) is 63.2 Å². The van der Waals surface area contributed by atoms with Crippen LogP contribution in [0.2, 0.25) is 16.6 Å². The van der Waals surface area contributed by atoms with Crippen molar-refractivity contribution in [2.24, 2.45) is 0 Å². The van der Waals surface area contributed by atoms with Gasteiger partial charge in [-0.15, -0.1) is 0 Å². The normalized spacial score (nSPS) is 15.2. The molecule has 3 atom stereocenters. The Labute approximate surface area is 251 Å². The molecule has 0 aromatic heterocycles. The molecule has 0 amide bonds. The summed E-state index contributed by atoms with van der Waals surface area (Å²) in [6.07, 6.45) is 3.39. The lowest BCUT2D eigenvalue weighted by Crippen LogP contribution is -2.48. The highest BCUT2D eigenvalue weighted by Gasteiger charge is 2.44. The third-order valence-corrected chi connectivity index (χ3v) is 14.1. The third kappa shape index (κ3) is 9.92. The molecule has 0 aliphatic heterocycles. The number of nitrogens with zero attached hydrogens (tertiary/aromatic N) is 1. The van der Waals surface area contributed by atoms with Crippen molar-refractivity contribution in [2.45, 2.75) is 123 Å². The number of benzene rings is 2. The predicted molar refractivity (Wildman–Crippen MR) is 173 cm³/mol. The number of aliphatic hydroxyl groups is 1. The molecule has 1 N–H and O–H groups in total. The fourth-order valence-electron chi connectivity index (χ4n) is 6.16. The summed E-state index contributed by atoms with van der Waals surface area (Å²) in [5.41, 5.74) is 3.07. The Morgan fingerprint density at radius 3 is 1.88 bits per heavy atom. The molecule has 6 heteroatoms. The molecule has 0 radical (unpaired) electrons. The van der Waals surface area contributed by atoms with Crippen molar-refractivity contribution >= 4 is 14.3 Å². The van der Waals surface area contributed by atoms with Crippen LogP contribution in [0.5, 0.6) is 0 Å². The van der Waals surface area contributed by atoms with Crippen LogP contribution in [-0.2, 0) is 20.5 Å². The van der Waals surface area contributed by atoms with Gasteiger partial charge in [0.25, 0.3) is 0 Å². The van der Waals surface area contributed by atoms with Gasteiger partial charge in [0.05, 0.1) is 6.04 Å². The highest BCUT2D eigenvalue weighted by Crippen LogP contribution is 2.42. The highest BCUT2D eigenvalue weighted by atomic mass is 28.4. The van der Waals surface area contributed by atoms with E-state index in [1.54, 1.807) is 0 Å². The zero-order valence-electron chi connectivity index (χ0n) is 27.1. The van der Waals surface area contributed by atoms with Crippen molar-refractivity contribution in [2.75, 3.05) is 6.61 Å². The predicted octanol–water partition coefficient (Wildman–Crippen LogP) is 8.46. The average Bonchev–Trinajstić information content (AvgIpc) is 2.90. The molecule has 5 nitrogen and oxygen atoms in total. The van der Waals surface area contributed by atoms with Gasteiger partial charge >= 0.3 is 5.97 Å². The molecule has 0 aliphatic carbocycles. The summed E-state index contributed by atoms with van der Waals surface area (Å²) < 4.78 is 12.4. The molecular weight excluding hydrogens is 526 g/mol. The molecule has 2 aromatic rings. The van der Waals surface area contributed by atoms with Crippen molar-refractivity contribution in [3.63, 3.8) is 0 Å². The van der Waals surface area contributed by atoms with Crippen LogP contribution in [0.4, 0.5) is 0 Å². The molecule has 0 fully saturated rings. The first-order valence-corrected chi connectivity index (χ1v) is 17.4. The van der Waals surface area contributed by atoms with Crippen LogP contribution >= 0.6 is 0 Å². The number of aliphatic hydroxyl groups excluding tert-OH is 1. The van der Waals surface area contributed by atoms with Crippen molar-refractivity contribution in [1.29, 1.82) is 0 Å². The van der Waals surface area contributed by atoms with Gasteiger partial charge in [0, 0.05) is 19.2 Å². The van der Waals surface area contributed by atoms with E-state index in [4.69, 9.17) is 9.16 Å². The summed E-state index contributed by atoms with van der Waals surface area (Å²) >= 11 is 0. The molecule has 0 saturated carbocycles. The molecule has 0 aliphatic rings. The Balaban J connectivity index is 2.42. The van der Waals surface area contributed by atoms with Gasteiger partial charge in [0.15, 0.2) is 14.4 Å². The quantitative estimate of drug-likeness (QED) is 0.0989. The topological polar surface area (TPSA) is 59.0 Å². The molecule has 0 bridgehead atoms. The lowest BCUT2D eigenvalue weighted by Gasteiger charge is -2.42. The number of ether oxygens (including phenoxy) is 1. The van der Waals surface area contributed by atoms with E-state index in [0.717, 1.165) is 11.1 Å². The summed E-state index contributed by atoms with van der Waals surface area (Å²) in [4.78, 5) is 15.4. The van der Waals surface area contributed by atoms with Crippen LogP contribution in [0, 0.1) is 0 Å². The van der Waals surface area contributed by atoms with Gasteiger partial charge < -0.3 is 14.3 Å². The number of hydrogen-bond donors (Lipinski definition) is 1. The second kappa shape index (κ2) is 15.8. The maximum Gasteiger partial charge on any atom is 0.337 e. The maximum atomic E-state index is 13.2. The van der Waals surface area contributed by atoms with Crippen molar-refractivity contribution in [3.05, 3.63) is 83.9 Å². The average molecular weight is 582 g/mol. The molecule has 0 heterocycles. The number of carbonyl (C=O) groups is 1. The SMILES string of the molecule is CC(C)[Si](OCC/C=C/[C@H]([C@H](O)C(=O)OC(C)(C)C)N(Cc1ccccc1)[C@H](C)c1ccccc1)(C(C)C)C(C)C. The second-order valence-electron chi connectivity index (χ2n) is 13.1. The van der Waals surface area contributed by atoms with Crippen LogP contribution in [0.25, 0.3) is 0 Å². The highest BCUT2D eigenvalue weighted by molar-refractivity contribution is 6.77. The van der Waals surface area contributed by atoms with E-state index in [0.29, 0.717) is 36.2 Å². The van der Waals surface area contributed by atoms with Gasteiger partial charge in [-0.05, 0) is 61.9 Å². The number of rotatable bonds is 15. The fraction of sp³-hybridized carbons (Fsp3) is 0.571. The summed E-state index contributed by atoms with van der Waals surface area (Å²) in [5, 5.41) is 11.5. The minimum Gasteiger partial charge on any atom is -0.458 e. The lowest BCUT2D eigenvalue weighted by molar-refractivity contribution is -0.168. The maximum absolute atomic E-state index is 13.2. The Morgan fingerprint density at radius 1 is 0.878 bits per heavy atom. The van der Waals surface area contributed by atoms with Gasteiger partial charge in [0.2, 0.25) is 0 Å². The van der Waals surface area contributed by atoms with Crippen LogP contribution < -0.4 is 0 Å². The van der Waals surface area contributed by atoms with E-state index >= 15 is 0 Å². The third-order valence-electron chi connectivity index (χ3n) is 8.02. The van der Waals surface area contributed by atoms with Gasteiger partial charge in [-0.2, -0.15) is 0 Å². The first-order chi connectivity index (χ1) is 19.2. The van der Waals surface area contributed by atoms with Gasteiger partial charge in [-0.1, -0.05) is 114 Å². The fourth-order valence-corrected chi connectivity index (χ4v) is 11.6. The zero-order chi connectivity index (χ0) is 30.8. The molecule has 0 unspecified atom stereocenters. The molecule has 41 heavy (non-hydrogen) atoms. The van der Waals surface area contributed by atoms with Gasteiger partial charge in [-0.25, -0.2) is 4.79 Å². The first-order valence-electron chi connectivity index (χ1n) is 15.3. The van der Waals surface area contributed by atoms with E-state index in [9.17, 15) is 9.90 Å². The smallest absolute Gasteiger partial charge is 0.337 e. The van der Waals surface area contributed by atoms with E-state index in [1.165, 1.54) is 0 Å². The number of esters is 1.